The molecule has 1 aliphatic heterocycles. The number of anilines is 1. The molecule has 0 saturated carbocycles. The number of benzene rings is 2. The van der Waals surface area contributed by atoms with Gasteiger partial charge in [0.15, 0.2) is 0 Å². The Balaban J connectivity index is 1.55. The van der Waals surface area contributed by atoms with Gasteiger partial charge in [-0.3, -0.25) is 14.5 Å². The molecule has 0 aromatic heterocycles. The van der Waals surface area contributed by atoms with Gasteiger partial charge in [-0.05, 0) is 42.7 Å². The first kappa shape index (κ1) is 21.6. The van der Waals surface area contributed by atoms with Gasteiger partial charge in [0.2, 0.25) is 5.91 Å². The summed E-state index contributed by atoms with van der Waals surface area (Å²) in [5.74, 6) is -0.141. The molecule has 0 bridgehead atoms. The maximum Gasteiger partial charge on any atom is 0.255 e. The van der Waals surface area contributed by atoms with Crippen LogP contribution in [0.1, 0.15) is 28.4 Å². The number of hydrogen-bond acceptors (Lipinski definition) is 3. The van der Waals surface area contributed by atoms with E-state index in [0.717, 1.165) is 23.2 Å². The van der Waals surface area contributed by atoms with Gasteiger partial charge in [-0.25, -0.2) is 0 Å². The molecule has 0 spiro atoms. The predicted molar refractivity (Wildman–Crippen MR) is 118 cm³/mol. The molecule has 2 aromatic carbocycles. The standard InChI is InChI=1S/C22H25Cl2N3O2/c1-3-16-6-4-5-15(2)21(16)25-20(28)14-26-9-11-27(12-10-26)22(29)18-8-7-17(23)13-19(18)24/h4-8,13H,3,9-12,14H2,1-2H3,(H,25,28). The second kappa shape index (κ2) is 9.61. The lowest BCUT2D eigenvalue weighted by atomic mass is 10.1. The first-order valence-electron chi connectivity index (χ1n) is 9.74. The fraction of sp³-hybridized carbons (Fsp3) is 0.364. The van der Waals surface area contributed by atoms with Crippen LogP contribution in [0.25, 0.3) is 0 Å². The molecule has 1 fully saturated rings. The van der Waals surface area contributed by atoms with Crippen LogP contribution in [0.5, 0.6) is 0 Å². The Bertz CT molecular complexity index is 909. The van der Waals surface area contributed by atoms with Crippen molar-refractivity contribution in [2.24, 2.45) is 0 Å². The van der Waals surface area contributed by atoms with E-state index in [4.69, 9.17) is 23.2 Å². The zero-order valence-corrected chi connectivity index (χ0v) is 18.2. The molecule has 2 aromatic rings. The molecule has 0 radical (unpaired) electrons. The molecule has 154 valence electrons. The van der Waals surface area contributed by atoms with E-state index in [1.165, 1.54) is 0 Å². The highest BCUT2D eigenvalue weighted by atomic mass is 35.5. The number of halogens is 2. The number of piperazine rings is 1. The summed E-state index contributed by atoms with van der Waals surface area (Å²) < 4.78 is 0. The Morgan fingerprint density at radius 2 is 1.79 bits per heavy atom. The Labute approximate surface area is 181 Å². The van der Waals surface area contributed by atoms with Crippen molar-refractivity contribution in [1.29, 1.82) is 0 Å². The average molecular weight is 434 g/mol. The molecule has 0 aliphatic carbocycles. The molecule has 2 amide bonds. The molecule has 5 nitrogen and oxygen atoms in total. The van der Waals surface area contributed by atoms with E-state index < -0.39 is 0 Å². The molecule has 1 N–H and O–H groups in total. The van der Waals surface area contributed by atoms with E-state index in [1.54, 1.807) is 23.1 Å². The highest BCUT2D eigenvalue weighted by Gasteiger charge is 2.25. The molecule has 29 heavy (non-hydrogen) atoms. The van der Waals surface area contributed by atoms with Gasteiger partial charge < -0.3 is 10.2 Å². The number of para-hydroxylation sites is 1. The average Bonchev–Trinajstić information content (AvgIpc) is 2.69. The summed E-state index contributed by atoms with van der Waals surface area (Å²) in [5, 5.41) is 3.92. The monoisotopic (exact) mass is 433 g/mol. The smallest absolute Gasteiger partial charge is 0.255 e. The zero-order chi connectivity index (χ0) is 21.0. The molecular formula is C22H25Cl2N3O2. The number of amides is 2. The third-order valence-corrected chi connectivity index (χ3v) is 5.74. The second-order valence-electron chi connectivity index (χ2n) is 7.20. The molecule has 7 heteroatoms. The van der Waals surface area contributed by atoms with Gasteiger partial charge in [0.25, 0.3) is 5.91 Å². The maximum absolute atomic E-state index is 12.7. The van der Waals surface area contributed by atoms with Crippen molar-refractivity contribution in [1.82, 2.24) is 9.80 Å². The van der Waals surface area contributed by atoms with Gasteiger partial charge in [-0.15, -0.1) is 0 Å². The first-order valence-corrected chi connectivity index (χ1v) is 10.5. The Hall–Kier alpha value is -2.08. The van der Waals surface area contributed by atoms with Crippen LogP contribution in [0.15, 0.2) is 36.4 Å². The lowest BCUT2D eigenvalue weighted by Crippen LogP contribution is -2.50. The molecule has 3 rings (SSSR count). The van der Waals surface area contributed by atoms with Crippen LogP contribution in [0, 0.1) is 6.92 Å². The molecule has 1 saturated heterocycles. The number of nitrogens with one attached hydrogen (secondary N) is 1. The lowest BCUT2D eigenvalue weighted by Gasteiger charge is -2.34. The van der Waals surface area contributed by atoms with E-state index in [9.17, 15) is 9.59 Å². The number of hydrogen-bond donors (Lipinski definition) is 1. The van der Waals surface area contributed by atoms with E-state index >= 15 is 0 Å². The predicted octanol–water partition coefficient (Wildman–Crippen LogP) is 4.26. The van der Waals surface area contributed by atoms with Crippen molar-refractivity contribution in [3.05, 3.63) is 63.1 Å². The van der Waals surface area contributed by atoms with Crippen molar-refractivity contribution in [3.63, 3.8) is 0 Å². The fourth-order valence-electron chi connectivity index (χ4n) is 3.53. The van der Waals surface area contributed by atoms with Gasteiger partial charge in [-0.2, -0.15) is 0 Å². The van der Waals surface area contributed by atoms with E-state index in [2.05, 4.69) is 17.1 Å². The SMILES string of the molecule is CCc1cccc(C)c1NC(=O)CN1CCN(C(=O)c2ccc(Cl)cc2Cl)CC1. The minimum absolute atomic E-state index is 0.0328. The topological polar surface area (TPSA) is 52.7 Å². The lowest BCUT2D eigenvalue weighted by molar-refractivity contribution is -0.117. The first-order chi connectivity index (χ1) is 13.9. The van der Waals surface area contributed by atoms with Gasteiger partial charge >= 0.3 is 0 Å². The Kier molecular flexibility index (Phi) is 7.17. The van der Waals surface area contributed by atoms with Crippen LogP contribution in [-0.2, 0) is 11.2 Å². The normalized spacial score (nSPS) is 14.7. The minimum atomic E-state index is -0.108. The summed E-state index contributed by atoms with van der Waals surface area (Å²) in [4.78, 5) is 29.1. The van der Waals surface area contributed by atoms with E-state index in [-0.39, 0.29) is 11.8 Å². The Morgan fingerprint density at radius 3 is 2.45 bits per heavy atom. The van der Waals surface area contributed by atoms with Crippen LogP contribution in [0.3, 0.4) is 0 Å². The zero-order valence-electron chi connectivity index (χ0n) is 16.7. The number of rotatable bonds is 5. The van der Waals surface area contributed by atoms with E-state index in [0.29, 0.717) is 48.3 Å². The minimum Gasteiger partial charge on any atom is -0.336 e. The highest BCUT2D eigenvalue weighted by Crippen LogP contribution is 2.23. The summed E-state index contributed by atoms with van der Waals surface area (Å²) in [6, 6.07) is 10.9. The van der Waals surface area contributed by atoms with E-state index in [1.807, 2.05) is 25.1 Å². The third kappa shape index (κ3) is 5.30. The summed E-state index contributed by atoms with van der Waals surface area (Å²) in [5.41, 5.74) is 3.56. The summed E-state index contributed by atoms with van der Waals surface area (Å²) in [6.07, 6.45) is 0.866. The van der Waals surface area contributed by atoms with Gasteiger partial charge in [0, 0.05) is 36.9 Å². The Morgan fingerprint density at radius 1 is 1.07 bits per heavy atom. The summed E-state index contributed by atoms with van der Waals surface area (Å²) in [7, 11) is 0. The van der Waals surface area contributed by atoms with Crippen LogP contribution in [-0.4, -0.2) is 54.3 Å². The number of carbonyl (C=O) groups excluding carboxylic acids is 2. The molecule has 1 heterocycles. The summed E-state index contributed by atoms with van der Waals surface area (Å²) >= 11 is 12.1. The maximum atomic E-state index is 12.7. The molecule has 0 unspecified atom stereocenters. The number of carbonyl (C=O) groups is 2. The largest absolute Gasteiger partial charge is 0.336 e. The van der Waals surface area contributed by atoms with Crippen molar-refractivity contribution in [2.75, 3.05) is 38.0 Å². The third-order valence-electron chi connectivity index (χ3n) is 5.19. The van der Waals surface area contributed by atoms with Crippen molar-refractivity contribution in [3.8, 4) is 0 Å². The highest BCUT2D eigenvalue weighted by molar-refractivity contribution is 6.36. The fourth-order valence-corrected chi connectivity index (χ4v) is 4.02. The number of nitrogens with zero attached hydrogens (tertiary/aromatic N) is 2. The van der Waals surface area contributed by atoms with Crippen molar-refractivity contribution in [2.45, 2.75) is 20.3 Å². The van der Waals surface area contributed by atoms with Gasteiger partial charge in [-0.1, -0.05) is 48.3 Å². The van der Waals surface area contributed by atoms with Crippen molar-refractivity contribution >= 4 is 40.7 Å². The van der Waals surface area contributed by atoms with Crippen LogP contribution in [0.4, 0.5) is 5.69 Å². The van der Waals surface area contributed by atoms with Crippen molar-refractivity contribution < 1.29 is 9.59 Å². The van der Waals surface area contributed by atoms with Crippen LogP contribution in [0.2, 0.25) is 10.0 Å². The summed E-state index contributed by atoms with van der Waals surface area (Å²) in [6.45, 7) is 6.76. The molecule has 1 aliphatic rings. The molecular weight excluding hydrogens is 409 g/mol. The number of aryl methyl sites for hydroxylation is 2. The van der Waals surface area contributed by atoms with Crippen LogP contribution >= 0.6 is 23.2 Å². The van der Waals surface area contributed by atoms with Crippen LogP contribution < -0.4 is 5.32 Å². The quantitative estimate of drug-likeness (QED) is 0.765. The van der Waals surface area contributed by atoms with Gasteiger partial charge in [0.05, 0.1) is 17.1 Å². The second-order valence-corrected chi connectivity index (χ2v) is 8.05. The molecule has 0 atom stereocenters. The van der Waals surface area contributed by atoms with Gasteiger partial charge in [0.1, 0.15) is 0 Å².